The highest BCUT2D eigenvalue weighted by atomic mass is 16.5. The number of para-hydroxylation sites is 1. The first-order valence-electron chi connectivity index (χ1n) is 12.7. The van der Waals surface area contributed by atoms with E-state index >= 15 is 0 Å². The Morgan fingerprint density at radius 1 is 1.05 bits per heavy atom. The number of nitrogen functional groups attached to an aromatic ring is 1. The predicted octanol–water partition coefficient (Wildman–Crippen LogP) is 5.03. The number of nitrogens with zero attached hydrogens (tertiary/aromatic N) is 4. The van der Waals surface area contributed by atoms with Gasteiger partial charge in [-0.25, -0.2) is 9.97 Å². The molecule has 8 nitrogen and oxygen atoms in total. The monoisotopic (exact) mass is 494 g/mol. The van der Waals surface area contributed by atoms with Crippen LogP contribution in [-0.2, 0) is 4.79 Å². The number of aromatic nitrogens is 2. The van der Waals surface area contributed by atoms with Crippen LogP contribution in [0.3, 0.4) is 0 Å². The number of rotatable bonds is 8. The number of amides is 1. The molecular weight excluding hydrogens is 464 g/mol. The average Bonchev–Trinajstić information content (AvgIpc) is 3.76. The summed E-state index contributed by atoms with van der Waals surface area (Å²) in [5.41, 5.74) is 8.20. The van der Waals surface area contributed by atoms with Crippen LogP contribution in [0.2, 0.25) is 0 Å². The van der Waals surface area contributed by atoms with Crippen molar-refractivity contribution in [2.45, 2.75) is 25.7 Å². The number of carbonyl (C=O) groups excluding carboxylic acids is 1. The van der Waals surface area contributed by atoms with Crippen LogP contribution in [0, 0.1) is 23.2 Å². The van der Waals surface area contributed by atoms with Gasteiger partial charge in [-0.15, -0.1) is 0 Å². The van der Waals surface area contributed by atoms with Crippen LogP contribution in [0.15, 0.2) is 72.6 Å². The second-order valence-corrected chi connectivity index (χ2v) is 9.57. The number of carbonyl (C=O) groups is 1. The van der Waals surface area contributed by atoms with Crippen molar-refractivity contribution < 1.29 is 9.53 Å². The molecule has 188 valence electrons. The van der Waals surface area contributed by atoms with E-state index in [0.29, 0.717) is 48.7 Å². The van der Waals surface area contributed by atoms with Crippen molar-refractivity contribution in [2.24, 2.45) is 11.8 Å². The topological polar surface area (TPSA) is 117 Å². The maximum Gasteiger partial charge on any atom is 0.264 e. The highest BCUT2D eigenvalue weighted by Gasteiger charge is 2.27. The molecule has 37 heavy (non-hydrogen) atoms. The summed E-state index contributed by atoms with van der Waals surface area (Å²) in [5.74, 6) is 3.24. The van der Waals surface area contributed by atoms with E-state index in [0.717, 1.165) is 48.3 Å². The molecule has 2 aromatic carbocycles. The van der Waals surface area contributed by atoms with Crippen LogP contribution in [0.5, 0.6) is 11.5 Å². The Morgan fingerprint density at radius 2 is 1.76 bits per heavy atom. The summed E-state index contributed by atoms with van der Waals surface area (Å²) in [4.78, 5) is 23.2. The minimum Gasteiger partial charge on any atom is -0.457 e. The van der Waals surface area contributed by atoms with Crippen molar-refractivity contribution in [3.8, 4) is 28.7 Å². The number of piperidine rings is 1. The second-order valence-electron chi connectivity index (χ2n) is 9.57. The second kappa shape index (κ2) is 11.1. The highest BCUT2D eigenvalue weighted by Crippen LogP contribution is 2.34. The van der Waals surface area contributed by atoms with Crippen molar-refractivity contribution in [3.63, 3.8) is 0 Å². The number of ether oxygens (including phenoxy) is 1. The Hall–Kier alpha value is -4.38. The fourth-order valence-corrected chi connectivity index (χ4v) is 4.54. The van der Waals surface area contributed by atoms with Gasteiger partial charge < -0.3 is 20.7 Å². The highest BCUT2D eigenvalue weighted by molar-refractivity contribution is 5.97. The van der Waals surface area contributed by atoms with Crippen LogP contribution >= 0.6 is 0 Å². The van der Waals surface area contributed by atoms with Crippen molar-refractivity contribution in [1.82, 2.24) is 14.9 Å². The standard InChI is InChI=1S/C29H30N6O2/c30-17-23(16-20-6-7-20)29(36)35-14-12-21(13-15-35)18-32-28-26(27(31)33-19-34-28)22-8-10-25(11-9-22)37-24-4-2-1-3-5-24/h1-5,8-11,16,19-21H,6-7,12-15,18H2,(H3,31,32,33,34)/b23-16-. The van der Waals surface area contributed by atoms with Gasteiger partial charge in [-0.05, 0) is 67.3 Å². The van der Waals surface area contributed by atoms with E-state index < -0.39 is 0 Å². The number of nitrogens with two attached hydrogens (primary N) is 1. The first kappa shape index (κ1) is 24.3. The lowest BCUT2D eigenvalue weighted by Crippen LogP contribution is -2.40. The summed E-state index contributed by atoms with van der Waals surface area (Å²) in [6, 6.07) is 19.4. The molecule has 0 spiro atoms. The summed E-state index contributed by atoms with van der Waals surface area (Å²) in [6.07, 6.45) is 7.19. The van der Waals surface area contributed by atoms with Gasteiger partial charge in [0.1, 0.15) is 41.1 Å². The maximum atomic E-state index is 12.7. The van der Waals surface area contributed by atoms with E-state index in [2.05, 4.69) is 21.4 Å². The summed E-state index contributed by atoms with van der Waals surface area (Å²) in [7, 11) is 0. The van der Waals surface area contributed by atoms with Gasteiger partial charge in [0.2, 0.25) is 0 Å². The molecule has 3 aromatic rings. The first-order chi connectivity index (χ1) is 18.1. The number of allylic oxidation sites excluding steroid dienone is 1. The van der Waals surface area contributed by atoms with Gasteiger partial charge in [-0.1, -0.05) is 36.4 Å². The molecular formula is C29H30N6O2. The van der Waals surface area contributed by atoms with Gasteiger partial charge in [0, 0.05) is 19.6 Å². The number of nitriles is 1. The molecule has 1 saturated carbocycles. The van der Waals surface area contributed by atoms with Crippen molar-refractivity contribution in [3.05, 3.63) is 72.6 Å². The van der Waals surface area contributed by atoms with Crippen LogP contribution in [-0.4, -0.2) is 40.4 Å². The molecule has 1 saturated heterocycles. The average molecular weight is 495 g/mol. The minimum atomic E-state index is -0.133. The third kappa shape index (κ3) is 6.07. The molecule has 8 heteroatoms. The molecule has 2 heterocycles. The largest absolute Gasteiger partial charge is 0.457 e. The Morgan fingerprint density at radius 3 is 2.43 bits per heavy atom. The molecule has 2 fully saturated rings. The number of anilines is 2. The summed E-state index contributed by atoms with van der Waals surface area (Å²) >= 11 is 0. The third-order valence-corrected chi connectivity index (χ3v) is 6.83. The number of nitrogens with one attached hydrogen (secondary N) is 1. The lowest BCUT2D eigenvalue weighted by atomic mass is 9.96. The molecule has 0 unspecified atom stereocenters. The molecule has 1 aliphatic carbocycles. The van der Waals surface area contributed by atoms with E-state index in [4.69, 9.17) is 10.5 Å². The van der Waals surface area contributed by atoms with Crippen LogP contribution in [0.4, 0.5) is 11.6 Å². The molecule has 3 N–H and O–H groups in total. The van der Waals surface area contributed by atoms with Crippen LogP contribution in [0.25, 0.3) is 11.1 Å². The van der Waals surface area contributed by atoms with Crippen molar-refractivity contribution in [2.75, 3.05) is 30.7 Å². The lowest BCUT2D eigenvalue weighted by molar-refractivity contribution is -0.128. The van der Waals surface area contributed by atoms with E-state index in [-0.39, 0.29) is 5.91 Å². The Labute approximate surface area is 216 Å². The molecule has 1 aliphatic heterocycles. The SMILES string of the molecule is N#C/C(=C/C1CC1)C(=O)N1CCC(CNc2ncnc(N)c2-c2ccc(Oc3ccccc3)cc2)CC1. The molecule has 0 atom stereocenters. The lowest BCUT2D eigenvalue weighted by Gasteiger charge is -2.32. The van der Waals surface area contributed by atoms with E-state index in [1.165, 1.54) is 6.33 Å². The zero-order valence-corrected chi connectivity index (χ0v) is 20.6. The number of benzene rings is 2. The van der Waals surface area contributed by atoms with E-state index in [1.54, 1.807) is 4.90 Å². The zero-order valence-electron chi connectivity index (χ0n) is 20.6. The normalized spacial score (nSPS) is 16.2. The van der Waals surface area contributed by atoms with E-state index in [9.17, 15) is 10.1 Å². The summed E-state index contributed by atoms with van der Waals surface area (Å²) < 4.78 is 5.90. The number of likely N-dealkylation sites (tertiary alicyclic amines) is 1. The number of hydrogen-bond donors (Lipinski definition) is 2. The molecule has 2 aliphatic rings. The summed E-state index contributed by atoms with van der Waals surface area (Å²) in [5, 5.41) is 12.8. The van der Waals surface area contributed by atoms with Crippen LogP contribution < -0.4 is 15.8 Å². The van der Waals surface area contributed by atoms with Crippen LogP contribution in [0.1, 0.15) is 25.7 Å². The van der Waals surface area contributed by atoms with Gasteiger partial charge in [-0.3, -0.25) is 4.79 Å². The Kier molecular flexibility index (Phi) is 7.31. The summed E-state index contributed by atoms with van der Waals surface area (Å²) in [6.45, 7) is 2.01. The minimum absolute atomic E-state index is 0.133. The maximum absolute atomic E-state index is 12.7. The Balaban J connectivity index is 1.20. The fourth-order valence-electron chi connectivity index (χ4n) is 4.54. The van der Waals surface area contributed by atoms with Gasteiger partial charge in [0.15, 0.2) is 0 Å². The van der Waals surface area contributed by atoms with Crippen molar-refractivity contribution in [1.29, 1.82) is 5.26 Å². The smallest absolute Gasteiger partial charge is 0.264 e. The molecule has 1 aromatic heterocycles. The molecule has 0 bridgehead atoms. The van der Waals surface area contributed by atoms with Gasteiger partial charge >= 0.3 is 0 Å². The third-order valence-electron chi connectivity index (χ3n) is 6.83. The zero-order chi connectivity index (χ0) is 25.6. The van der Waals surface area contributed by atoms with E-state index in [1.807, 2.05) is 60.7 Å². The van der Waals surface area contributed by atoms with Gasteiger partial charge in [-0.2, -0.15) is 5.26 Å². The number of hydrogen-bond acceptors (Lipinski definition) is 7. The molecule has 5 rings (SSSR count). The first-order valence-corrected chi connectivity index (χ1v) is 12.7. The molecule has 1 amide bonds. The fraction of sp³-hybridized carbons (Fsp3) is 0.310. The molecule has 0 radical (unpaired) electrons. The predicted molar refractivity (Wildman–Crippen MR) is 143 cm³/mol. The van der Waals surface area contributed by atoms with Crippen molar-refractivity contribution >= 4 is 17.5 Å². The van der Waals surface area contributed by atoms with Gasteiger partial charge in [0.05, 0.1) is 5.56 Å². The van der Waals surface area contributed by atoms with Gasteiger partial charge in [0.25, 0.3) is 5.91 Å². The quantitative estimate of drug-likeness (QED) is 0.333. The Bertz CT molecular complexity index is 1300.